The van der Waals surface area contributed by atoms with Crippen LogP contribution in [-0.4, -0.2) is 30.7 Å². The van der Waals surface area contributed by atoms with Crippen LogP contribution in [0.1, 0.15) is 19.4 Å². The van der Waals surface area contributed by atoms with E-state index in [0.29, 0.717) is 11.7 Å². The van der Waals surface area contributed by atoms with Gasteiger partial charge in [-0.3, -0.25) is 0 Å². The normalized spacial score (nSPS) is 11.1. The predicted octanol–water partition coefficient (Wildman–Crippen LogP) is 2.49. The summed E-state index contributed by atoms with van der Waals surface area (Å²) in [6.45, 7) is 6.28. The minimum atomic E-state index is 0.206. The molecule has 0 saturated heterocycles. The Hall–Kier alpha value is -1.22. The van der Waals surface area contributed by atoms with Crippen LogP contribution in [0, 0.1) is 5.92 Å². The molecule has 0 amide bonds. The van der Waals surface area contributed by atoms with Crippen molar-refractivity contribution in [1.82, 2.24) is 4.90 Å². The third-order valence-electron chi connectivity index (χ3n) is 2.37. The highest BCUT2D eigenvalue weighted by Crippen LogP contribution is 2.26. The molecular formula is C13H21NO2. The Balaban J connectivity index is 2.64. The zero-order valence-electron chi connectivity index (χ0n) is 10.5. The lowest BCUT2D eigenvalue weighted by Crippen LogP contribution is -2.22. The summed E-state index contributed by atoms with van der Waals surface area (Å²) < 4.78 is 5.01. The monoisotopic (exact) mass is 223 g/mol. The number of hydrogen-bond acceptors (Lipinski definition) is 3. The molecule has 0 bridgehead atoms. The second-order valence-electron chi connectivity index (χ2n) is 4.60. The minimum Gasteiger partial charge on any atom is -0.504 e. The highest BCUT2D eigenvalue weighted by Gasteiger charge is 2.06. The van der Waals surface area contributed by atoms with E-state index in [-0.39, 0.29) is 5.75 Å². The average molecular weight is 223 g/mol. The van der Waals surface area contributed by atoms with Crippen LogP contribution in [0.15, 0.2) is 18.2 Å². The van der Waals surface area contributed by atoms with Crippen molar-refractivity contribution in [2.75, 3.05) is 20.7 Å². The molecule has 0 aliphatic rings. The van der Waals surface area contributed by atoms with Gasteiger partial charge < -0.3 is 14.7 Å². The molecule has 0 radical (unpaired) electrons. The van der Waals surface area contributed by atoms with E-state index in [1.165, 1.54) is 0 Å². The van der Waals surface area contributed by atoms with Crippen molar-refractivity contribution in [1.29, 1.82) is 0 Å². The van der Waals surface area contributed by atoms with Gasteiger partial charge in [-0.2, -0.15) is 0 Å². The Morgan fingerprint density at radius 1 is 1.38 bits per heavy atom. The van der Waals surface area contributed by atoms with Crippen LogP contribution in [-0.2, 0) is 6.54 Å². The second kappa shape index (κ2) is 5.75. The quantitative estimate of drug-likeness (QED) is 0.832. The molecule has 16 heavy (non-hydrogen) atoms. The van der Waals surface area contributed by atoms with Crippen LogP contribution in [0.2, 0.25) is 0 Å². The molecule has 0 aromatic heterocycles. The van der Waals surface area contributed by atoms with Gasteiger partial charge >= 0.3 is 0 Å². The van der Waals surface area contributed by atoms with E-state index in [1.807, 2.05) is 6.07 Å². The van der Waals surface area contributed by atoms with Gasteiger partial charge in [-0.1, -0.05) is 19.9 Å². The topological polar surface area (TPSA) is 32.7 Å². The number of methoxy groups -OCH3 is 1. The van der Waals surface area contributed by atoms with E-state index in [9.17, 15) is 5.11 Å². The van der Waals surface area contributed by atoms with E-state index < -0.39 is 0 Å². The molecule has 0 saturated carbocycles. The number of rotatable bonds is 5. The van der Waals surface area contributed by atoms with Crippen LogP contribution in [0.5, 0.6) is 11.5 Å². The van der Waals surface area contributed by atoms with Crippen molar-refractivity contribution >= 4 is 0 Å². The van der Waals surface area contributed by atoms with Crippen molar-refractivity contribution in [3.8, 4) is 11.5 Å². The number of aromatic hydroxyl groups is 1. The van der Waals surface area contributed by atoms with Crippen molar-refractivity contribution in [3.63, 3.8) is 0 Å². The molecule has 1 N–H and O–H groups in total. The van der Waals surface area contributed by atoms with Crippen molar-refractivity contribution in [2.45, 2.75) is 20.4 Å². The summed E-state index contributed by atoms with van der Waals surface area (Å²) in [5.74, 6) is 1.38. The highest BCUT2D eigenvalue weighted by atomic mass is 16.5. The number of phenolic OH excluding ortho intramolecular Hbond substituents is 1. The molecule has 1 aromatic rings. The van der Waals surface area contributed by atoms with Gasteiger partial charge in [0.15, 0.2) is 11.5 Å². The summed E-state index contributed by atoms with van der Waals surface area (Å²) in [5, 5.41) is 9.64. The first-order chi connectivity index (χ1) is 7.52. The van der Waals surface area contributed by atoms with Crippen molar-refractivity contribution < 1.29 is 9.84 Å². The first kappa shape index (κ1) is 12.8. The summed E-state index contributed by atoms with van der Waals surface area (Å²) in [7, 11) is 3.64. The van der Waals surface area contributed by atoms with Gasteiger partial charge in [-0.05, 0) is 30.7 Å². The number of phenols is 1. The zero-order chi connectivity index (χ0) is 12.1. The third-order valence-corrected chi connectivity index (χ3v) is 2.37. The van der Waals surface area contributed by atoms with Crippen molar-refractivity contribution in [3.05, 3.63) is 23.8 Å². The molecule has 1 rings (SSSR count). The Bertz CT molecular complexity index is 337. The molecule has 1 aromatic carbocycles. The summed E-state index contributed by atoms with van der Waals surface area (Å²) in [6.07, 6.45) is 0. The molecule has 0 atom stereocenters. The maximum Gasteiger partial charge on any atom is 0.160 e. The first-order valence-corrected chi connectivity index (χ1v) is 5.57. The molecule has 0 heterocycles. The summed E-state index contributed by atoms with van der Waals surface area (Å²) in [4.78, 5) is 2.24. The molecule has 3 nitrogen and oxygen atoms in total. The number of hydrogen-bond donors (Lipinski definition) is 1. The van der Waals surface area contributed by atoms with Gasteiger partial charge in [0, 0.05) is 13.1 Å². The number of benzene rings is 1. The zero-order valence-corrected chi connectivity index (χ0v) is 10.5. The lowest BCUT2D eigenvalue weighted by atomic mass is 10.1. The highest BCUT2D eigenvalue weighted by molar-refractivity contribution is 5.41. The molecule has 0 spiro atoms. The fourth-order valence-corrected chi connectivity index (χ4v) is 1.83. The molecule has 3 heteroatoms. The third kappa shape index (κ3) is 3.74. The van der Waals surface area contributed by atoms with E-state index >= 15 is 0 Å². The van der Waals surface area contributed by atoms with Gasteiger partial charge in [0.1, 0.15) is 0 Å². The Morgan fingerprint density at radius 3 is 2.56 bits per heavy atom. The largest absolute Gasteiger partial charge is 0.504 e. The van der Waals surface area contributed by atoms with E-state index in [0.717, 1.165) is 18.7 Å². The first-order valence-electron chi connectivity index (χ1n) is 5.57. The predicted molar refractivity (Wildman–Crippen MR) is 65.8 cm³/mol. The minimum absolute atomic E-state index is 0.206. The average Bonchev–Trinajstić information content (AvgIpc) is 2.16. The fraction of sp³-hybridized carbons (Fsp3) is 0.538. The Kier molecular flexibility index (Phi) is 4.62. The summed E-state index contributed by atoms with van der Waals surface area (Å²) in [6, 6.07) is 5.54. The van der Waals surface area contributed by atoms with Crippen LogP contribution >= 0.6 is 0 Å². The summed E-state index contributed by atoms with van der Waals surface area (Å²) in [5.41, 5.74) is 1.10. The molecule has 0 fully saturated rings. The smallest absolute Gasteiger partial charge is 0.160 e. The molecular weight excluding hydrogens is 202 g/mol. The van der Waals surface area contributed by atoms with E-state index in [2.05, 4.69) is 25.8 Å². The number of ether oxygens (including phenoxy) is 1. The molecule has 90 valence electrons. The maximum absolute atomic E-state index is 9.64. The number of nitrogens with zero attached hydrogens (tertiary/aromatic N) is 1. The van der Waals surface area contributed by atoms with Crippen LogP contribution in [0.3, 0.4) is 0 Å². The lowest BCUT2D eigenvalue weighted by molar-refractivity contribution is 0.287. The second-order valence-corrected chi connectivity index (χ2v) is 4.60. The van der Waals surface area contributed by atoms with E-state index in [1.54, 1.807) is 19.2 Å². The maximum atomic E-state index is 9.64. The molecule has 0 aliphatic carbocycles. The van der Waals surface area contributed by atoms with Crippen molar-refractivity contribution in [2.24, 2.45) is 5.92 Å². The van der Waals surface area contributed by atoms with Gasteiger partial charge in [-0.25, -0.2) is 0 Å². The van der Waals surface area contributed by atoms with Crippen LogP contribution in [0.25, 0.3) is 0 Å². The van der Waals surface area contributed by atoms with Crippen LogP contribution < -0.4 is 4.74 Å². The van der Waals surface area contributed by atoms with Gasteiger partial charge in [0.25, 0.3) is 0 Å². The SMILES string of the molecule is COc1ccc(CN(C)CC(C)C)cc1O. The van der Waals surface area contributed by atoms with E-state index in [4.69, 9.17) is 4.74 Å². The van der Waals surface area contributed by atoms with Gasteiger partial charge in [-0.15, -0.1) is 0 Å². The Morgan fingerprint density at radius 2 is 2.06 bits per heavy atom. The molecule has 0 unspecified atom stereocenters. The van der Waals surface area contributed by atoms with Gasteiger partial charge in [0.05, 0.1) is 7.11 Å². The Labute approximate surface area is 97.7 Å². The fourth-order valence-electron chi connectivity index (χ4n) is 1.83. The van der Waals surface area contributed by atoms with Crippen LogP contribution in [0.4, 0.5) is 0 Å². The lowest BCUT2D eigenvalue weighted by Gasteiger charge is -2.19. The molecule has 0 aliphatic heterocycles. The summed E-state index contributed by atoms with van der Waals surface area (Å²) >= 11 is 0. The standard InChI is InChI=1S/C13H21NO2/c1-10(2)8-14(3)9-11-5-6-13(16-4)12(15)7-11/h5-7,10,15H,8-9H2,1-4H3. The van der Waals surface area contributed by atoms with Gasteiger partial charge in [0.2, 0.25) is 0 Å².